The molecule has 1 heterocycles. The monoisotopic (exact) mass is 247 g/mol. The van der Waals surface area contributed by atoms with Crippen molar-refractivity contribution in [2.45, 2.75) is 38.4 Å². The van der Waals surface area contributed by atoms with Crippen LogP contribution in [0.2, 0.25) is 0 Å². The van der Waals surface area contributed by atoms with E-state index in [2.05, 4.69) is 12.2 Å². The summed E-state index contributed by atoms with van der Waals surface area (Å²) in [6.07, 6.45) is 5.07. The van der Waals surface area contributed by atoms with Crippen molar-refractivity contribution < 1.29 is 8.95 Å². The van der Waals surface area contributed by atoms with Gasteiger partial charge in [0.05, 0.1) is 0 Å². The van der Waals surface area contributed by atoms with Crippen LogP contribution in [0.5, 0.6) is 0 Å². The molecule has 1 fully saturated rings. The molecule has 1 rings (SSSR count). The first-order valence-electron chi connectivity index (χ1n) is 6.14. The molecule has 0 bridgehead atoms. The van der Waals surface area contributed by atoms with Crippen LogP contribution in [0.25, 0.3) is 0 Å². The highest BCUT2D eigenvalue weighted by Gasteiger charge is 2.26. The summed E-state index contributed by atoms with van der Waals surface area (Å²) in [5, 5.41) is 3.79. The van der Waals surface area contributed by atoms with Crippen LogP contribution in [0.1, 0.15) is 33.1 Å². The molecule has 0 spiro atoms. The Morgan fingerprint density at radius 2 is 2.06 bits per heavy atom. The Morgan fingerprint density at radius 1 is 1.44 bits per heavy atom. The van der Waals surface area contributed by atoms with E-state index in [1.165, 1.54) is 0 Å². The van der Waals surface area contributed by atoms with Crippen LogP contribution < -0.4 is 5.32 Å². The Morgan fingerprint density at radius 3 is 2.62 bits per heavy atom. The van der Waals surface area contributed by atoms with Gasteiger partial charge in [-0.2, -0.15) is 0 Å². The predicted molar refractivity (Wildman–Crippen MR) is 69.2 cm³/mol. The average Bonchev–Trinajstić information content (AvgIpc) is 2.25. The van der Waals surface area contributed by atoms with E-state index in [0.29, 0.717) is 10.7 Å². The Balaban J connectivity index is 2.12. The summed E-state index contributed by atoms with van der Waals surface area (Å²) in [7, 11) is -0.689. The van der Waals surface area contributed by atoms with Gasteiger partial charge < -0.3 is 10.1 Å². The lowest BCUT2D eigenvalue weighted by molar-refractivity contribution is 0.0242. The standard InChI is InChI=1S/C12H25NO2S/c1-11(16(3)14)4-7-13-10-12(2)5-8-15-9-6-12/h11,13H,4-10H2,1-3H3. The van der Waals surface area contributed by atoms with Gasteiger partial charge in [0.2, 0.25) is 0 Å². The molecule has 0 aromatic heterocycles. The van der Waals surface area contributed by atoms with Gasteiger partial charge in [-0.3, -0.25) is 4.21 Å². The van der Waals surface area contributed by atoms with Gasteiger partial charge in [-0.1, -0.05) is 13.8 Å². The van der Waals surface area contributed by atoms with E-state index in [1.54, 1.807) is 6.26 Å². The molecule has 3 nitrogen and oxygen atoms in total. The summed E-state index contributed by atoms with van der Waals surface area (Å²) in [5.74, 6) is 0. The lowest BCUT2D eigenvalue weighted by Crippen LogP contribution is -2.37. The van der Waals surface area contributed by atoms with Gasteiger partial charge in [-0.25, -0.2) is 0 Å². The Labute approximate surface area is 102 Å². The van der Waals surface area contributed by atoms with Gasteiger partial charge in [0.25, 0.3) is 0 Å². The van der Waals surface area contributed by atoms with Crippen LogP contribution in [-0.2, 0) is 15.5 Å². The van der Waals surface area contributed by atoms with Crippen molar-refractivity contribution in [3.05, 3.63) is 0 Å². The molecule has 0 amide bonds. The summed E-state index contributed by atoms with van der Waals surface area (Å²) >= 11 is 0. The molecular formula is C12H25NO2S. The van der Waals surface area contributed by atoms with Crippen molar-refractivity contribution in [2.24, 2.45) is 5.41 Å². The molecule has 2 atom stereocenters. The van der Waals surface area contributed by atoms with E-state index in [1.807, 2.05) is 6.92 Å². The molecule has 0 aromatic carbocycles. The normalized spacial score (nSPS) is 23.9. The van der Waals surface area contributed by atoms with Crippen molar-refractivity contribution in [1.82, 2.24) is 5.32 Å². The minimum atomic E-state index is -0.689. The highest BCUT2D eigenvalue weighted by Crippen LogP contribution is 2.28. The summed E-state index contributed by atoms with van der Waals surface area (Å²) < 4.78 is 16.5. The second-order valence-electron chi connectivity index (χ2n) is 5.20. The molecule has 0 radical (unpaired) electrons. The minimum Gasteiger partial charge on any atom is -0.381 e. The molecule has 0 saturated carbocycles. The van der Waals surface area contributed by atoms with Gasteiger partial charge in [-0.05, 0) is 31.2 Å². The number of ether oxygens (including phenoxy) is 1. The minimum absolute atomic E-state index is 0.301. The lowest BCUT2D eigenvalue weighted by Gasteiger charge is -2.33. The van der Waals surface area contributed by atoms with Crippen LogP contribution in [0, 0.1) is 5.41 Å². The van der Waals surface area contributed by atoms with Crippen molar-refractivity contribution in [3.8, 4) is 0 Å². The Hall–Kier alpha value is 0.0700. The van der Waals surface area contributed by atoms with Crippen molar-refractivity contribution in [2.75, 3.05) is 32.6 Å². The molecule has 2 unspecified atom stereocenters. The smallest absolute Gasteiger partial charge is 0.0471 e. The first-order valence-corrected chi connectivity index (χ1v) is 7.76. The van der Waals surface area contributed by atoms with E-state index in [-0.39, 0.29) is 0 Å². The second kappa shape index (κ2) is 6.72. The molecule has 16 heavy (non-hydrogen) atoms. The maximum atomic E-state index is 11.2. The van der Waals surface area contributed by atoms with Crippen LogP contribution in [0.15, 0.2) is 0 Å². The number of rotatable bonds is 6. The largest absolute Gasteiger partial charge is 0.381 e. The van der Waals surface area contributed by atoms with E-state index in [4.69, 9.17) is 4.74 Å². The van der Waals surface area contributed by atoms with Crippen molar-refractivity contribution in [1.29, 1.82) is 0 Å². The molecule has 0 aliphatic carbocycles. The summed E-state index contributed by atoms with van der Waals surface area (Å²) in [6, 6.07) is 0. The highest BCUT2D eigenvalue weighted by atomic mass is 32.2. The quantitative estimate of drug-likeness (QED) is 0.724. The summed E-state index contributed by atoms with van der Waals surface area (Å²) in [6.45, 7) is 8.19. The highest BCUT2D eigenvalue weighted by molar-refractivity contribution is 7.84. The maximum Gasteiger partial charge on any atom is 0.0471 e. The fourth-order valence-electron chi connectivity index (χ4n) is 1.90. The fourth-order valence-corrected chi connectivity index (χ4v) is 2.35. The molecule has 1 saturated heterocycles. The summed E-state index contributed by atoms with van der Waals surface area (Å²) in [5.41, 5.74) is 0.396. The predicted octanol–water partition coefficient (Wildman–Crippen LogP) is 1.55. The SMILES string of the molecule is CC(CCNCC1(C)CCOCC1)S(C)=O. The maximum absolute atomic E-state index is 11.2. The van der Waals surface area contributed by atoms with E-state index in [9.17, 15) is 4.21 Å². The summed E-state index contributed by atoms with van der Waals surface area (Å²) in [4.78, 5) is 0. The molecule has 1 aliphatic rings. The fraction of sp³-hybridized carbons (Fsp3) is 1.00. The average molecular weight is 247 g/mol. The van der Waals surface area contributed by atoms with E-state index < -0.39 is 10.8 Å². The molecular weight excluding hydrogens is 222 g/mol. The third kappa shape index (κ3) is 4.93. The third-order valence-corrected chi connectivity index (χ3v) is 4.91. The van der Waals surface area contributed by atoms with Crippen LogP contribution in [-0.4, -0.2) is 42.0 Å². The first kappa shape index (κ1) is 14.1. The molecule has 1 N–H and O–H groups in total. The number of hydrogen-bond donors (Lipinski definition) is 1. The molecule has 0 aromatic rings. The zero-order valence-electron chi connectivity index (χ0n) is 10.8. The molecule has 96 valence electrons. The first-order chi connectivity index (χ1) is 7.53. The Kier molecular flexibility index (Phi) is 5.94. The van der Waals surface area contributed by atoms with Gasteiger partial charge in [0, 0.05) is 42.1 Å². The van der Waals surface area contributed by atoms with Crippen molar-refractivity contribution in [3.63, 3.8) is 0 Å². The van der Waals surface area contributed by atoms with Gasteiger partial charge in [-0.15, -0.1) is 0 Å². The Bertz CT molecular complexity index is 227. The zero-order valence-corrected chi connectivity index (χ0v) is 11.6. The van der Waals surface area contributed by atoms with Crippen LogP contribution in [0.4, 0.5) is 0 Å². The van der Waals surface area contributed by atoms with Crippen LogP contribution >= 0.6 is 0 Å². The number of hydrogen-bond acceptors (Lipinski definition) is 3. The van der Waals surface area contributed by atoms with Gasteiger partial charge in [0.15, 0.2) is 0 Å². The van der Waals surface area contributed by atoms with E-state index in [0.717, 1.165) is 45.6 Å². The third-order valence-electron chi connectivity index (χ3n) is 3.55. The second-order valence-corrected chi connectivity index (χ2v) is 7.00. The zero-order chi connectivity index (χ0) is 12.0. The van der Waals surface area contributed by atoms with Gasteiger partial charge >= 0.3 is 0 Å². The lowest BCUT2D eigenvalue weighted by atomic mass is 9.82. The van der Waals surface area contributed by atoms with E-state index >= 15 is 0 Å². The molecule has 1 aliphatic heterocycles. The molecule has 4 heteroatoms. The van der Waals surface area contributed by atoms with Crippen molar-refractivity contribution >= 4 is 10.8 Å². The van der Waals surface area contributed by atoms with Crippen LogP contribution in [0.3, 0.4) is 0 Å². The number of nitrogens with one attached hydrogen (secondary N) is 1. The van der Waals surface area contributed by atoms with Gasteiger partial charge in [0.1, 0.15) is 0 Å². The topological polar surface area (TPSA) is 38.3 Å².